The van der Waals surface area contributed by atoms with Crippen LogP contribution in [0.5, 0.6) is 11.5 Å². The van der Waals surface area contributed by atoms with Gasteiger partial charge in [-0.3, -0.25) is 4.79 Å². The molecule has 2 aromatic rings. The van der Waals surface area contributed by atoms with Crippen LogP contribution in [0.2, 0.25) is 0 Å². The molecule has 0 bridgehead atoms. The SMILES string of the molecule is COc1cc(CN(C)C(=O)C(C)NS(=O)(=O)c2cccs2)ccc1OC(F)F. The first-order chi connectivity index (χ1) is 13.1. The van der Waals surface area contributed by atoms with E-state index in [4.69, 9.17) is 4.74 Å². The van der Waals surface area contributed by atoms with E-state index in [1.807, 2.05) is 0 Å². The quantitative estimate of drug-likeness (QED) is 0.656. The number of carbonyl (C=O) groups excluding carboxylic acids is 1. The number of halogens is 2. The number of methoxy groups -OCH3 is 1. The Morgan fingerprint density at radius 1 is 1.29 bits per heavy atom. The number of ether oxygens (including phenoxy) is 2. The number of nitrogens with one attached hydrogen (secondary N) is 1. The number of hydrogen-bond donors (Lipinski definition) is 1. The maximum Gasteiger partial charge on any atom is 0.387 e. The van der Waals surface area contributed by atoms with Gasteiger partial charge in [-0.05, 0) is 36.1 Å². The third-order valence-corrected chi connectivity index (χ3v) is 6.64. The Morgan fingerprint density at radius 3 is 2.57 bits per heavy atom. The number of rotatable bonds is 9. The summed E-state index contributed by atoms with van der Waals surface area (Å²) in [4.78, 5) is 13.8. The summed E-state index contributed by atoms with van der Waals surface area (Å²) < 4.78 is 61.1. The van der Waals surface area contributed by atoms with E-state index >= 15 is 0 Å². The summed E-state index contributed by atoms with van der Waals surface area (Å²) in [6, 6.07) is 6.38. The fourth-order valence-corrected chi connectivity index (χ4v) is 4.65. The minimum atomic E-state index is -3.78. The Hall–Kier alpha value is -2.24. The Kier molecular flexibility index (Phi) is 7.33. The molecule has 1 N–H and O–H groups in total. The van der Waals surface area contributed by atoms with Crippen LogP contribution in [-0.2, 0) is 21.4 Å². The molecule has 0 aliphatic carbocycles. The van der Waals surface area contributed by atoms with Crippen molar-refractivity contribution in [2.24, 2.45) is 0 Å². The van der Waals surface area contributed by atoms with Gasteiger partial charge in [-0.1, -0.05) is 12.1 Å². The van der Waals surface area contributed by atoms with Crippen molar-refractivity contribution in [3.8, 4) is 11.5 Å². The van der Waals surface area contributed by atoms with Gasteiger partial charge in [-0.25, -0.2) is 8.42 Å². The average Bonchev–Trinajstić information content (AvgIpc) is 3.17. The molecule has 7 nitrogen and oxygen atoms in total. The summed E-state index contributed by atoms with van der Waals surface area (Å²) in [6.07, 6.45) is 0. The minimum absolute atomic E-state index is 0.102. The summed E-state index contributed by atoms with van der Waals surface area (Å²) in [6.45, 7) is -1.42. The predicted octanol–water partition coefficient (Wildman–Crippen LogP) is 2.68. The molecule has 0 radical (unpaired) electrons. The first kappa shape index (κ1) is 22.1. The molecule has 1 aromatic carbocycles. The summed E-state index contributed by atoms with van der Waals surface area (Å²) >= 11 is 1.05. The van der Waals surface area contributed by atoms with E-state index in [1.54, 1.807) is 11.4 Å². The molecule has 0 fully saturated rings. The largest absolute Gasteiger partial charge is 0.493 e. The van der Waals surface area contributed by atoms with E-state index in [1.165, 1.54) is 50.2 Å². The molecule has 0 aliphatic heterocycles. The number of benzene rings is 1. The maximum absolute atomic E-state index is 12.5. The smallest absolute Gasteiger partial charge is 0.387 e. The molecule has 11 heteroatoms. The zero-order valence-electron chi connectivity index (χ0n) is 15.4. The molecule has 1 heterocycles. The Bertz CT molecular complexity index is 904. The number of nitrogens with zero attached hydrogens (tertiary/aromatic N) is 1. The Balaban J connectivity index is 2.05. The number of likely N-dealkylation sites (N-methyl/N-ethyl adjacent to an activating group) is 1. The summed E-state index contributed by atoms with van der Waals surface area (Å²) in [7, 11) is -0.960. The Morgan fingerprint density at radius 2 is 2.00 bits per heavy atom. The van der Waals surface area contributed by atoms with Crippen molar-refractivity contribution in [3.05, 3.63) is 41.3 Å². The number of carbonyl (C=O) groups is 1. The van der Waals surface area contributed by atoms with E-state index in [0.29, 0.717) is 5.56 Å². The van der Waals surface area contributed by atoms with Crippen molar-refractivity contribution in [2.45, 2.75) is 30.3 Å². The lowest BCUT2D eigenvalue weighted by Crippen LogP contribution is -2.45. The van der Waals surface area contributed by atoms with Crippen LogP contribution >= 0.6 is 11.3 Å². The first-order valence-corrected chi connectivity index (χ1v) is 10.4. The highest BCUT2D eigenvalue weighted by Crippen LogP contribution is 2.29. The number of hydrogen-bond acceptors (Lipinski definition) is 6. The van der Waals surface area contributed by atoms with Crippen LogP contribution in [0.4, 0.5) is 8.78 Å². The second kappa shape index (κ2) is 9.30. The fraction of sp³-hybridized carbons (Fsp3) is 0.353. The molecule has 2 rings (SSSR count). The molecule has 0 aliphatic rings. The van der Waals surface area contributed by atoms with E-state index in [2.05, 4.69) is 9.46 Å². The lowest BCUT2D eigenvalue weighted by atomic mass is 10.2. The molecule has 0 saturated heterocycles. The van der Waals surface area contributed by atoms with Crippen LogP contribution in [0, 0.1) is 0 Å². The normalized spacial score (nSPS) is 12.6. The molecule has 1 unspecified atom stereocenters. The van der Waals surface area contributed by atoms with Crippen molar-refractivity contribution in [2.75, 3.05) is 14.2 Å². The van der Waals surface area contributed by atoms with E-state index in [9.17, 15) is 22.0 Å². The van der Waals surface area contributed by atoms with Crippen LogP contribution in [0.3, 0.4) is 0 Å². The van der Waals surface area contributed by atoms with Gasteiger partial charge in [-0.15, -0.1) is 11.3 Å². The summed E-state index contributed by atoms with van der Waals surface area (Å²) in [5.41, 5.74) is 0.600. The predicted molar refractivity (Wildman–Crippen MR) is 100 cm³/mol. The van der Waals surface area contributed by atoms with Crippen LogP contribution in [0.15, 0.2) is 39.9 Å². The van der Waals surface area contributed by atoms with Crippen LogP contribution < -0.4 is 14.2 Å². The van der Waals surface area contributed by atoms with E-state index in [0.717, 1.165) is 11.3 Å². The van der Waals surface area contributed by atoms with Gasteiger partial charge in [0.15, 0.2) is 11.5 Å². The van der Waals surface area contributed by atoms with Crippen LogP contribution in [-0.4, -0.2) is 46.0 Å². The van der Waals surface area contributed by atoms with Gasteiger partial charge in [0.05, 0.1) is 13.2 Å². The first-order valence-electron chi connectivity index (χ1n) is 8.06. The molecule has 1 amide bonds. The van der Waals surface area contributed by atoms with Crippen molar-refractivity contribution in [1.82, 2.24) is 9.62 Å². The van der Waals surface area contributed by atoms with Gasteiger partial charge >= 0.3 is 6.61 Å². The van der Waals surface area contributed by atoms with Crippen molar-refractivity contribution in [3.63, 3.8) is 0 Å². The highest BCUT2D eigenvalue weighted by atomic mass is 32.2. The zero-order chi connectivity index (χ0) is 20.9. The molecule has 0 spiro atoms. The molecule has 0 saturated carbocycles. The second-order valence-corrected chi connectivity index (χ2v) is 8.72. The highest BCUT2D eigenvalue weighted by molar-refractivity contribution is 7.91. The van der Waals surface area contributed by atoms with Crippen molar-refractivity contribution >= 4 is 27.3 Å². The van der Waals surface area contributed by atoms with Gasteiger partial charge in [0.2, 0.25) is 5.91 Å². The highest BCUT2D eigenvalue weighted by Gasteiger charge is 2.25. The molecule has 1 aromatic heterocycles. The third-order valence-electron chi connectivity index (χ3n) is 3.70. The summed E-state index contributed by atoms with van der Waals surface area (Å²) in [5, 5.41) is 1.63. The third kappa shape index (κ3) is 5.63. The maximum atomic E-state index is 12.5. The molecule has 28 heavy (non-hydrogen) atoms. The molecule has 154 valence electrons. The fourth-order valence-electron chi connectivity index (χ4n) is 2.44. The van der Waals surface area contributed by atoms with Gasteiger partial charge in [0, 0.05) is 13.6 Å². The van der Waals surface area contributed by atoms with Gasteiger partial charge in [0.25, 0.3) is 10.0 Å². The molecular formula is C17H20F2N2O5S2. The monoisotopic (exact) mass is 434 g/mol. The van der Waals surface area contributed by atoms with Gasteiger partial charge in [-0.2, -0.15) is 13.5 Å². The van der Waals surface area contributed by atoms with Crippen LogP contribution in [0.25, 0.3) is 0 Å². The van der Waals surface area contributed by atoms with Gasteiger partial charge < -0.3 is 14.4 Å². The standard InChI is InChI=1S/C17H20F2N2O5S2/c1-11(20-28(23,24)15-5-4-8-27-15)16(22)21(2)10-12-6-7-13(26-17(18)19)14(9-12)25-3/h4-9,11,17,20H,10H2,1-3H3. The van der Waals surface area contributed by atoms with Crippen molar-refractivity contribution in [1.29, 1.82) is 0 Å². The molecule has 1 atom stereocenters. The van der Waals surface area contributed by atoms with Crippen molar-refractivity contribution < 1.29 is 31.5 Å². The lowest BCUT2D eigenvalue weighted by molar-refractivity contribution is -0.131. The van der Waals surface area contributed by atoms with Crippen LogP contribution in [0.1, 0.15) is 12.5 Å². The summed E-state index contributed by atoms with van der Waals surface area (Å²) in [5.74, 6) is -0.468. The Labute approximate surface area is 165 Å². The number of amides is 1. The van der Waals surface area contributed by atoms with Gasteiger partial charge in [0.1, 0.15) is 4.21 Å². The second-order valence-electron chi connectivity index (χ2n) is 5.83. The van der Waals surface area contributed by atoms with E-state index in [-0.39, 0.29) is 22.3 Å². The topological polar surface area (TPSA) is 84.9 Å². The zero-order valence-corrected chi connectivity index (χ0v) is 17.0. The molecular weight excluding hydrogens is 414 g/mol. The lowest BCUT2D eigenvalue weighted by Gasteiger charge is -2.22. The minimum Gasteiger partial charge on any atom is -0.493 e. The number of thiophene rings is 1. The average molecular weight is 434 g/mol. The number of sulfonamides is 1. The van der Waals surface area contributed by atoms with E-state index < -0.39 is 28.6 Å². The number of alkyl halides is 2.